The van der Waals surface area contributed by atoms with Gasteiger partial charge in [0.15, 0.2) is 0 Å². The van der Waals surface area contributed by atoms with Crippen molar-refractivity contribution in [3.05, 3.63) is 35.0 Å². The van der Waals surface area contributed by atoms with Crippen LogP contribution in [0.5, 0.6) is 0 Å². The molecule has 25 heavy (non-hydrogen) atoms. The van der Waals surface area contributed by atoms with Crippen molar-refractivity contribution < 1.29 is 23.1 Å². The van der Waals surface area contributed by atoms with Crippen LogP contribution in [-0.2, 0) is 17.1 Å². The lowest BCUT2D eigenvalue weighted by molar-refractivity contribution is 0.0681. The first-order valence-electron chi connectivity index (χ1n) is 7.40. The van der Waals surface area contributed by atoms with E-state index >= 15 is 0 Å². The number of rotatable bonds is 4. The van der Waals surface area contributed by atoms with Crippen LogP contribution in [0.4, 0.5) is 0 Å². The molecule has 0 saturated carbocycles. The fourth-order valence-corrected chi connectivity index (χ4v) is 5.30. The Hall–Kier alpha value is -2.24. The Bertz CT molecular complexity index is 909. The molecule has 0 spiro atoms. The summed E-state index contributed by atoms with van der Waals surface area (Å²) in [6.45, 7) is 0.846. The van der Waals surface area contributed by atoms with Crippen molar-refractivity contribution in [1.29, 1.82) is 0 Å². The SMILES string of the molecule is Cn1nccc1C(=O)N1CCN(S(=O)(=O)c2cc(C(=O)O)cs2)CC1. The van der Waals surface area contributed by atoms with Crippen molar-refractivity contribution in [1.82, 2.24) is 19.0 Å². The second-order valence-corrected chi connectivity index (χ2v) is 8.57. The summed E-state index contributed by atoms with van der Waals surface area (Å²) in [7, 11) is -2.08. The Morgan fingerprint density at radius 1 is 1.24 bits per heavy atom. The first-order valence-corrected chi connectivity index (χ1v) is 9.72. The van der Waals surface area contributed by atoms with E-state index in [0.717, 1.165) is 17.4 Å². The van der Waals surface area contributed by atoms with E-state index in [-0.39, 0.29) is 41.9 Å². The molecule has 3 rings (SSSR count). The van der Waals surface area contributed by atoms with Gasteiger partial charge < -0.3 is 10.0 Å². The number of carboxylic acids is 1. The lowest BCUT2D eigenvalue weighted by atomic mass is 10.3. The van der Waals surface area contributed by atoms with Gasteiger partial charge in [0.25, 0.3) is 15.9 Å². The van der Waals surface area contributed by atoms with Gasteiger partial charge in [-0.25, -0.2) is 13.2 Å². The number of amides is 1. The first-order chi connectivity index (χ1) is 11.8. The molecule has 3 heterocycles. The van der Waals surface area contributed by atoms with E-state index in [4.69, 9.17) is 5.11 Å². The van der Waals surface area contributed by atoms with E-state index in [1.807, 2.05) is 0 Å². The topological polar surface area (TPSA) is 113 Å². The van der Waals surface area contributed by atoms with Gasteiger partial charge in [-0.2, -0.15) is 9.40 Å². The molecule has 9 nitrogen and oxygen atoms in total. The maximum Gasteiger partial charge on any atom is 0.336 e. The summed E-state index contributed by atoms with van der Waals surface area (Å²) in [5.41, 5.74) is 0.397. The summed E-state index contributed by atoms with van der Waals surface area (Å²) in [6.07, 6.45) is 1.53. The van der Waals surface area contributed by atoms with Gasteiger partial charge in [0.1, 0.15) is 9.90 Å². The van der Waals surface area contributed by atoms with Crippen LogP contribution in [0.2, 0.25) is 0 Å². The number of aromatic nitrogens is 2. The van der Waals surface area contributed by atoms with E-state index in [9.17, 15) is 18.0 Å². The van der Waals surface area contributed by atoms with Crippen molar-refractivity contribution in [2.24, 2.45) is 7.05 Å². The number of hydrogen-bond acceptors (Lipinski definition) is 6. The van der Waals surface area contributed by atoms with Gasteiger partial charge in [0.2, 0.25) is 0 Å². The maximum atomic E-state index is 12.6. The molecule has 0 radical (unpaired) electrons. The molecule has 1 N–H and O–H groups in total. The van der Waals surface area contributed by atoms with Crippen LogP contribution in [-0.4, -0.2) is 70.6 Å². The molecule has 0 bridgehead atoms. The summed E-state index contributed by atoms with van der Waals surface area (Å²) in [4.78, 5) is 24.9. The molecular weight excluding hydrogens is 368 g/mol. The average Bonchev–Trinajstić information content (AvgIpc) is 3.23. The third kappa shape index (κ3) is 3.30. The molecule has 2 aromatic heterocycles. The van der Waals surface area contributed by atoms with Crippen molar-refractivity contribution >= 4 is 33.2 Å². The number of aromatic carboxylic acids is 1. The molecule has 0 aromatic carbocycles. The number of piperazine rings is 1. The number of carboxylic acid groups (broad SMARTS) is 1. The Morgan fingerprint density at radius 2 is 1.92 bits per heavy atom. The number of nitrogens with zero attached hydrogens (tertiary/aromatic N) is 4. The van der Waals surface area contributed by atoms with Gasteiger partial charge in [0.05, 0.1) is 5.56 Å². The highest BCUT2D eigenvalue weighted by molar-refractivity contribution is 7.91. The fourth-order valence-electron chi connectivity index (χ4n) is 2.57. The monoisotopic (exact) mass is 384 g/mol. The highest BCUT2D eigenvalue weighted by Gasteiger charge is 2.32. The number of carbonyl (C=O) groups is 2. The molecule has 1 fully saturated rings. The Labute approximate surface area is 148 Å². The molecule has 1 saturated heterocycles. The summed E-state index contributed by atoms with van der Waals surface area (Å²) in [5.74, 6) is -1.36. The van der Waals surface area contributed by atoms with E-state index in [1.165, 1.54) is 20.6 Å². The Morgan fingerprint density at radius 3 is 2.44 bits per heavy atom. The lowest BCUT2D eigenvalue weighted by Gasteiger charge is -2.33. The molecule has 0 aliphatic carbocycles. The Balaban J connectivity index is 1.70. The zero-order valence-corrected chi connectivity index (χ0v) is 15.0. The summed E-state index contributed by atoms with van der Waals surface area (Å²) in [6, 6.07) is 2.78. The van der Waals surface area contributed by atoms with Crippen LogP contribution >= 0.6 is 11.3 Å². The summed E-state index contributed by atoms with van der Waals surface area (Å²) in [5, 5.41) is 14.2. The van der Waals surface area contributed by atoms with Crippen LogP contribution in [0.15, 0.2) is 27.9 Å². The van der Waals surface area contributed by atoms with Gasteiger partial charge in [-0.3, -0.25) is 9.48 Å². The number of hydrogen-bond donors (Lipinski definition) is 1. The minimum Gasteiger partial charge on any atom is -0.478 e. The predicted octanol–water partition coefficient (Wildman–Crippen LogP) is 0.326. The van der Waals surface area contributed by atoms with E-state index in [1.54, 1.807) is 18.0 Å². The standard InChI is InChI=1S/C14H16N4O5S2/c1-16-11(2-3-15-16)13(19)17-4-6-18(7-5-17)25(22,23)12-8-10(9-24-12)14(20)21/h2-3,8-9H,4-7H2,1H3,(H,20,21). The molecule has 0 unspecified atom stereocenters. The van der Waals surface area contributed by atoms with Gasteiger partial charge in [-0.15, -0.1) is 11.3 Å². The van der Waals surface area contributed by atoms with Crippen LogP contribution in [0.25, 0.3) is 0 Å². The van der Waals surface area contributed by atoms with Gasteiger partial charge in [0, 0.05) is 44.8 Å². The number of carbonyl (C=O) groups excluding carboxylic acids is 1. The van der Waals surface area contributed by atoms with Gasteiger partial charge in [-0.1, -0.05) is 0 Å². The lowest BCUT2D eigenvalue weighted by Crippen LogP contribution is -2.50. The molecule has 134 valence electrons. The molecule has 2 aromatic rings. The minimum absolute atomic E-state index is 0.00342. The van der Waals surface area contributed by atoms with Gasteiger partial charge in [-0.05, 0) is 12.1 Å². The molecule has 11 heteroatoms. The quantitative estimate of drug-likeness (QED) is 0.813. The summed E-state index contributed by atoms with van der Waals surface area (Å²) >= 11 is 0.883. The predicted molar refractivity (Wildman–Crippen MR) is 89.1 cm³/mol. The minimum atomic E-state index is -3.75. The van der Waals surface area contributed by atoms with Crippen LogP contribution in [0.1, 0.15) is 20.8 Å². The number of aryl methyl sites for hydroxylation is 1. The molecule has 1 amide bonds. The molecular formula is C14H16N4O5S2. The van der Waals surface area contributed by atoms with Crippen LogP contribution in [0.3, 0.4) is 0 Å². The van der Waals surface area contributed by atoms with Crippen molar-refractivity contribution in [3.63, 3.8) is 0 Å². The molecule has 0 atom stereocenters. The molecule has 1 aliphatic rings. The second-order valence-electron chi connectivity index (χ2n) is 5.50. The van der Waals surface area contributed by atoms with Gasteiger partial charge >= 0.3 is 5.97 Å². The third-order valence-corrected chi connectivity index (χ3v) is 7.30. The second kappa shape index (κ2) is 6.58. The number of thiophene rings is 1. The Kier molecular flexibility index (Phi) is 4.62. The zero-order valence-electron chi connectivity index (χ0n) is 13.3. The van der Waals surface area contributed by atoms with Crippen molar-refractivity contribution in [3.8, 4) is 0 Å². The average molecular weight is 384 g/mol. The van der Waals surface area contributed by atoms with E-state index in [0.29, 0.717) is 5.69 Å². The number of sulfonamides is 1. The first kappa shape index (κ1) is 17.6. The maximum absolute atomic E-state index is 12.6. The third-order valence-electron chi connectivity index (χ3n) is 3.98. The normalized spacial score (nSPS) is 16.1. The van der Waals surface area contributed by atoms with Crippen LogP contribution < -0.4 is 0 Å². The van der Waals surface area contributed by atoms with E-state index < -0.39 is 16.0 Å². The molecule has 1 aliphatic heterocycles. The highest BCUT2D eigenvalue weighted by atomic mass is 32.2. The van der Waals surface area contributed by atoms with Crippen molar-refractivity contribution in [2.75, 3.05) is 26.2 Å². The fraction of sp³-hybridized carbons (Fsp3) is 0.357. The summed E-state index contributed by atoms with van der Waals surface area (Å²) < 4.78 is 28.0. The largest absolute Gasteiger partial charge is 0.478 e. The zero-order chi connectivity index (χ0) is 18.2. The van der Waals surface area contributed by atoms with Crippen molar-refractivity contribution in [2.45, 2.75) is 4.21 Å². The van der Waals surface area contributed by atoms with Crippen LogP contribution in [0, 0.1) is 0 Å². The highest BCUT2D eigenvalue weighted by Crippen LogP contribution is 2.25. The smallest absolute Gasteiger partial charge is 0.336 e. The van der Waals surface area contributed by atoms with E-state index in [2.05, 4.69) is 5.10 Å².